The standard InChI is InChI=1S/C18H20N4O4/c23-15(11-22-14-4-2-1-3-13(14)5-6-16(22)24)20-18(7-9-25-10-8-18)17-19-12-26-21-17/h1-4,12H,5-11H2,(H,20,23). The average Bonchev–Trinajstić information content (AvgIpc) is 3.20. The molecule has 1 fully saturated rings. The molecule has 1 aromatic heterocycles. The SMILES string of the molecule is O=C(CN1C(=O)CCc2ccccc21)NC1(c2ncon2)CCOCC1. The summed E-state index contributed by atoms with van der Waals surface area (Å²) in [6.07, 6.45) is 3.49. The van der Waals surface area contributed by atoms with Crippen LogP contribution in [0.1, 0.15) is 30.7 Å². The summed E-state index contributed by atoms with van der Waals surface area (Å²) in [6.45, 7) is 0.969. The van der Waals surface area contributed by atoms with E-state index < -0.39 is 5.54 Å². The van der Waals surface area contributed by atoms with Crippen LogP contribution in [0.5, 0.6) is 0 Å². The Morgan fingerprint density at radius 1 is 1.23 bits per heavy atom. The molecule has 2 amide bonds. The summed E-state index contributed by atoms with van der Waals surface area (Å²) in [5.74, 6) is 0.153. The molecule has 2 aromatic rings. The van der Waals surface area contributed by atoms with Crippen molar-refractivity contribution < 1.29 is 18.8 Å². The number of nitrogens with one attached hydrogen (secondary N) is 1. The molecular formula is C18H20N4O4. The Hall–Kier alpha value is -2.74. The maximum Gasteiger partial charge on any atom is 0.240 e. The molecule has 2 aliphatic rings. The Bertz CT molecular complexity index is 799. The zero-order valence-corrected chi connectivity index (χ0v) is 14.3. The normalized spacial score (nSPS) is 19.1. The highest BCUT2D eigenvalue weighted by Crippen LogP contribution is 2.31. The fraction of sp³-hybridized carbons (Fsp3) is 0.444. The van der Waals surface area contributed by atoms with E-state index in [0.717, 1.165) is 11.3 Å². The lowest BCUT2D eigenvalue weighted by Gasteiger charge is -2.36. The molecule has 26 heavy (non-hydrogen) atoms. The first-order valence-corrected chi connectivity index (χ1v) is 8.72. The number of para-hydroxylation sites is 1. The predicted octanol–water partition coefficient (Wildman–Crippen LogP) is 1.17. The predicted molar refractivity (Wildman–Crippen MR) is 91.3 cm³/mol. The number of hydrogen-bond donors (Lipinski definition) is 1. The lowest BCUT2D eigenvalue weighted by molar-refractivity contribution is -0.126. The van der Waals surface area contributed by atoms with Crippen LogP contribution in [-0.2, 0) is 26.3 Å². The van der Waals surface area contributed by atoms with Gasteiger partial charge in [0.2, 0.25) is 18.2 Å². The minimum absolute atomic E-state index is 0.0314. The number of hydrogen-bond acceptors (Lipinski definition) is 6. The molecule has 0 saturated carbocycles. The molecule has 0 bridgehead atoms. The molecule has 1 aromatic carbocycles. The Morgan fingerprint density at radius 3 is 2.81 bits per heavy atom. The maximum atomic E-state index is 12.8. The van der Waals surface area contributed by atoms with E-state index in [1.54, 1.807) is 4.90 Å². The van der Waals surface area contributed by atoms with Crippen molar-refractivity contribution in [1.29, 1.82) is 0 Å². The molecule has 0 spiro atoms. The van der Waals surface area contributed by atoms with E-state index in [2.05, 4.69) is 15.5 Å². The highest BCUT2D eigenvalue weighted by atomic mass is 16.5. The summed E-state index contributed by atoms with van der Waals surface area (Å²) >= 11 is 0. The second kappa shape index (κ2) is 6.87. The number of carbonyl (C=O) groups excluding carboxylic acids is 2. The molecule has 0 unspecified atom stereocenters. The molecule has 0 atom stereocenters. The number of fused-ring (bicyclic) bond motifs is 1. The number of benzene rings is 1. The van der Waals surface area contributed by atoms with E-state index in [9.17, 15) is 9.59 Å². The summed E-state index contributed by atoms with van der Waals surface area (Å²) < 4.78 is 10.3. The van der Waals surface area contributed by atoms with Crippen LogP contribution in [-0.4, -0.2) is 41.7 Å². The van der Waals surface area contributed by atoms with Gasteiger partial charge in [-0.3, -0.25) is 9.59 Å². The van der Waals surface area contributed by atoms with Gasteiger partial charge < -0.3 is 19.5 Å². The molecule has 1 saturated heterocycles. The largest absolute Gasteiger partial charge is 0.381 e. The summed E-state index contributed by atoms with van der Waals surface area (Å²) in [5, 5.41) is 6.96. The van der Waals surface area contributed by atoms with E-state index in [1.807, 2.05) is 24.3 Å². The molecule has 8 nitrogen and oxygen atoms in total. The van der Waals surface area contributed by atoms with E-state index in [1.165, 1.54) is 6.39 Å². The van der Waals surface area contributed by atoms with Gasteiger partial charge in [0.15, 0.2) is 5.82 Å². The third-order valence-electron chi connectivity index (χ3n) is 5.01. The number of nitrogens with zero attached hydrogens (tertiary/aromatic N) is 3. The third-order valence-corrected chi connectivity index (χ3v) is 5.01. The van der Waals surface area contributed by atoms with Crippen LogP contribution in [0.4, 0.5) is 5.69 Å². The topological polar surface area (TPSA) is 97.6 Å². The second-order valence-corrected chi connectivity index (χ2v) is 6.61. The van der Waals surface area contributed by atoms with Gasteiger partial charge in [0.1, 0.15) is 12.1 Å². The smallest absolute Gasteiger partial charge is 0.240 e. The van der Waals surface area contributed by atoms with Crippen LogP contribution >= 0.6 is 0 Å². The lowest BCUT2D eigenvalue weighted by Crippen LogP contribution is -2.53. The highest BCUT2D eigenvalue weighted by molar-refractivity contribution is 6.01. The molecular weight excluding hydrogens is 336 g/mol. The van der Waals surface area contributed by atoms with Gasteiger partial charge in [0.05, 0.1) is 0 Å². The van der Waals surface area contributed by atoms with Crippen molar-refractivity contribution in [2.75, 3.05) is 24.7 Å². The van der Waals surface area contributed by atoms with Gasteiger partial charge in [-0.1, -0.05) is 23.4 Å². The van der Waals surface area contributed by atoms with Crippen molar-refractivity contribution >= 4 is 17.5 Å². The Labute approximate surface area is 150 Å². The fourth-order valence-corrected chi connectivity index (χ4v) is 3.63. The Kier molecular flexibility index (Phi) is 4.42. The first-order valence-electron chi connectivity index (χ1n) is 8.72. The van der Waals surface area contributed by atoms with Crippen LogP contribution in [0.2, 0.25) is 0 Å². The molecule has 3 heterocycles. The lowest BCUT2D eigenvalue weighted by atomic mass is 9.89. The third kappa shape index (κ3) is 3.08. The maximum absolute atomic E-state index is 12.8. The fourth-order valence-electron chi connectivity index (χ4n) is 3.63. The van der Waals surface area contributed by atoms with E-state index in [-0.39, 0.29) is 18.4 Å². The van der Waals surface area contributed by atoms with Crippen LogP contribution in [0.3, 0.4) is 0 Å². The van der Waals surface area contributed by atoms with Crippen molar-refractivity contribution in [2.45, 2.75) is 31.2 Å². The summed E-state index contributed by atoms with van der Waals surface area (Å²) in [6, 6.07) is 7.69. The molecule has 136 valence electrons. The number of anilines is 1. The molecule has 0 radical (unpaired) electrons. The average molecular weight is 356 g/mol. The zero-order valence-electron chi connectivity index (χ0n) is 14.3. The summed E-state index contributed by atoms with van der Waals surface area (Å²) in [5.41, 5.74) is 1.17. The van der Waals surface area contributed by atoms with Gasteiger partial charge in [-0.25, -0.2) is 0 Å². The molecule has 1 N–H and O–H groups in total. The monoisotopic (exact) mass is 356 g/mol. The summed E-state index contributed by atoms with van der Waals surface area (Å²) in [4.78, 5) is 30.9. The minimum atomic E-state index is -0.722. The van der Waals surface area contributed by atoms with Gasteiger partial charge in [0, 0.05) is 38.2 Å². The van der Waals surface area contributed by atoms with Crippen molar-refractivity contribution in [3.05, 3.63) is 42.0 Å². The summed E-state index contributed by atoms with van der Waals surface area (Å²) in [7, 11) is 0. The van der Waals surface area contributed by atoms with Crippen LogP contribution in [0.15, 0.2) is 35.2 Å². The van der Waals surface area contributed by atoms with Crippen LogP contribution < -0.4 is 10.2 Å². The minimum Gasteiger partial charge on any atom is -0.381 e. The second-order valence-electron chi connectivity index (χ2n) is 6.61. The number of amides is 2. The van der Waals surface area contributed by atoms with Crippen LogP contribution in [0.25, 0.3) is 0 Å². The number of rotatable bonds is 4. The van der Waals surface area contributed by atoms with Gasteiger partial charge in [0.25, 0.3) is 0 Å². The molecule has 2 aliphatic heterocycles. The Morgan fingerprint density at radius 2 is 2.04 bits per heavy atom. The Balaban J connectivity index is 1.54. The van der Waals surface area contributed by atoms with Crippen LogP contribution in [0, 0.1) is 0 Å². The quantitative estimate of drug-likeness (QED) is 0.883. The van der Waals surface area contributed by atoms with Gasteiger partial charge in [-0.05, 0) is 18.1 Å². The van der Waals surface area contributed by atoms with Gasteiger partial charge in [-0.15, -0.1) is 0 Å². The van der Waals surface area contributed by atoms with Crippen molar-refractivity contribution in [2.24, 2.45) is 0 Å². The van der Waals surface area contributed by atoms with Crippen molar-refractivity contribution in [3.63, 3.8) is 0 Å². The molecule has 8 heteroatoms. The number of ether oxygens (including phenoxy) is 1. The van der Waals surface area contributed by atoms with E-state index >= 15 is 0 Å². The molecule has 0 aliphatic carbocycles. The van der Waals surface area contributed by atoms with Crippen molar-refractivity contribution in [3.8, 4) is 0 Å². The first kappa shape index (κ1) is 16.7. The number of aryl methyl sites for hydroxylation is 1. The number of aromatic nitrogens is 2. The van der Waals surface area contributed by atoms with Crippen molar-refractivity contribution in [1.82, 2.24) is 15.5 Å². The van der Waals surface area contributed by atoms with E-state index in [0.29, 0.717) is 44.7 Å². The highest BCUT2D eigenvalue weighted by Gasteiger charge is 2.40. The first-order chi connectivity index (χ1) is 12.7. The van der Waals surface area contributed by atoms with Gasteiger partial charge in [-0.2, -0.15) is 4.98 Å². The van der Waals surface area contributed by atoms with Gasteiger partial charge >= 0.3 is 0 Å². The molecule has 4 rings (SSSR count). The zero-order chi connectivity index (χ0) is 18.0. The van der Waals surface area contributed by atoms with E-state index in [4.69, 9.17) is 9.26 Å². The number of carbonyl (C=O) groups is 2.